The number of ketones is 1. The van der Waals surface area contributed by atoms with Gasteiger partial charge in [-0.1, -0.05) is 128 Å². The third kappa shape index (κ3) is 10.5. The normalized spacial score (nSPS) is 12.7. The summed E-state index contributed by atoms with van der Waals surface area (Å²) in [6.45, 7) is 6.29. The molecule has 4 rings (SSSR count). The van der Waals surface area contributed by atoms with Gasteiger partial charge in [-0.05, 0) is 53.1 Å². The number of amides is 1. The van der Waals surface area contributed by atoms with Gasteiger partial charge in [-0.15, -0.1) is 0 Å². The van der Waals surface area contributed by atoms with Crippen LogP contribution in [0.4, 0.5) is 10.1 Å². The highest BCUT2D eigenvalue weighted by Gasteiger charge is 2.24. The zero-order valence-corrected chi connectivity index (χ0v) is 29.7. The zero-order chi connectivity index (χ0) is 35.2. The Hall–Kier alpha value is -3.53. The van der Waals surface area contributed by atoms with Crippen molar-refractivity contribution in [1.82, 2.24) is 0 Å². The summed E-state index contributed by atoms with van der Waals surface area (Å²) >= 11 is 18.8. The van der Waals surface area contributed by atoms with Crippen molar-refractivity contribution in [3.05, 3.63) is 128 Å². The van der Waals surface area contributed by atoms with E-state index in [4.69, 9.17) is 39.4 Å². The molecule has 1 amide bonds. The Morgan fingerprint density at radius 1 is 0.917 bits per heavy atom. The average molecular weight is 731 g/mol. The highest BCUT2D eigenvalue weighted by atomic mass is 35.5. The van der Waals surface area contributed by atoms with Crippen molar-refractivity contribution in [3.63, 3.8) is 0 Å². The molecule has 252 valence electrons. The van der Waals surface area contributed by atoms with Crippen molar-refractivity contribution in [3.8, 4) is 11.1 Å². The Labute approximate surface area is 295 Å². The molecule has 0 fully saturated rings. The van der Waals surface area contributed by atoms with Crippen molar-refractivity contribution in [2.45, 2.75) is 46.0 Å². The minimum atomic E-state index is -4.15. The lowest BCUT2D eigenvalue weighted by Gasteiger charge is -2.19. The first-order valence-corrected chi connectivity index (χ1v) is 17.9. The number of nitrogens with one attached hydrogen (secondary N) is 1. The fraction of sp³-hybridized carbons (Fsp3) is 0.243. The fourth-order valence-corrected chi connectivity index (χ4v) is 6.24. The summed E-state index contributed by atoms with van der Waals surface area (Å²) in [6, 6.07) is 22.0. The third-order valence-electron chi connectivity index (χ3n) is 7.51. The van der Waals surface area contributed by atoms with Crippen LogP contribution in [0, 0.1) is 11.2 Å². The van der Waals surface area contributed by atoms with E-state index in [1.165, 1.54) is 12.1 Å². The van der Waals surface area contributed by atoms with Gasteiger partial charge in [0, 0.05) is 33.2 Å². The Balaban J connectivity index is 1.60. The standard InChI is InChI=1S/C37H35Cl3FNO5S/c1-37(2,3)19-18-23-6-10-25(11-7-23)30(21-24-8-12-26(13-9-24)33(43)5-4-20-48(45,46)47)36(44)42-32-17-16-29(34(40)35(32)41)28-15-14-27(38)22-31(28)39/h6-19,22,30H,4-5,20-21H2,1-3H3,(H,42,44)(H,45,46,47)/b19-18+. The molecular formula is C37H35Cl3FNO5S. The summed E-state index contributed by atoms with van der Waals surface area (Å²) in [6.07, 6.45) is 4.28. The molecule has 0 heterocycles. The molecular weight excluding hydrogens is 696 g/mol. The molecule has 0 saturated carbocycles. The number of anilines is 1. The Kier molecular flexibility index (Phi) is 12.3. The van der Waals surface area contributed by atoms with Gasteiger partial charge in [0.15, 0.2) is 11.6 Å². The number of carbonyl (C=O) groups excluding carboxylic acids is 2. The molecule has 2 N–H and O–H groups in total. The largest absolute Gasteiger partial charge is 0.323 e. The van der Waals surface area contributed by atoms with E-state index in [-0.39, 0.29) is 41.2 Å². The molecule has 4 aromatic carbocycles. The third-order valence-corrected chi connectivity index (χ3v) is 9.24. The number of carbonyl (C=O) groups is 2. The summed E-state index contributed by atoms with van der Waals surface area (Å²) in [5, 5.41) is 3.22. The molecule has 0 aromatic heterocycles. The van der Waals surface area contributed by atoms with Crippen LogP contribution >= 0.6 is 34.8 Å². The van der Waals surface area contributed by atoms with Crippen LogP contribution in [0.15, 0.2) is 84.9 Å². The predicted molar refractivity (Wildman–Crippen MR) is 193 cm³/mol. The first kappa shape index (κ1) is 37.3. The first-order valence-electron chi connectivity index (χ1n) is 15.1. The highest BCUT2D eigenvalue weighted by Crippen LogP contribution is 2.38. The van der Waals surface area contributed by atoms with Gasteiger partial charge in [-0.2, -0.15) is 8.42 Å². The Bertz CT molecular complexity index is 1940. The minimum absolute atomic E-state index is 0.00308. The van der Waals surface area contributed by atoms with Crippen LogP contribution in [0.1, 0.15) is 66.6 Å². The van der Waals surface area contributed by atoms with Crippen molar-refractivity contribution in [2.24, 2.45) is 5.41 Å². The van der Waals surface area contributed by atoms with Gasteiger partial charge < -0.3 is 5.32 Å². The smallest absolute Gasteiger partial charge is 0.264 e. The van der Waals surface area contributed by atoms with Crippen LogP contribution in [-0.2, 0) is 21.3 Å². The molecule has 0 saturated heterocycles. The monoisotopic (exact) mass is 729 g/mol. The lowest BCUT2D eigenvalue weighted by atomic mass is 9.89. The topological polar surface area (TPSA) is 101 Å². The van der Waals surface area contributed by atoms with Crippen molar-refractivity contribution >= 4 is 68.4 Å². The number of rotatable bonds is 12. The number of benzene rings is 4. The van der Waals surface area contributed by atoms with E-state index < -0.39 is 33.5 Å². The molecule has 0 aliphatic rings. The number of allylic oxidation sites excluding steroid dienone is 1. The van der Waals surface area contributed by atoms with Gasteiger partial charge in [0.25, 0.3) is 10.1 Å². The van der Waals surface area contributed by atoms with Gasteiger partial charge in [-0.3, -0.25) is 14.1 Å². The van der Waals surface area contributed by atoms with E-state index in [1.54, 1.807) is 42.5 Å². The number of Topliss-reactive ketones (excluding diaryl/α,β-unsaturated/α-hetero) is 1. The number of hydrogen-bond acceptors (Lipinski definition) is 4. The molecule has 0 aliphatic carbocycles. The maximum Gasteiger partial charge on any atom is 0.264 e. The lowest BCUT2D eigenvalue weighted by Crippen LogP contribution is -2.23. The molecule has 0 bridgehead atoms. The van der Waals surface area contributed by atoms with E-state index in [0.29, 0.717) is 32.3 Å². The summed E-state index contributed by atoms with van der Waals surface area (Å²) in [5.74, 6) is -2.79. The maximum absolute atomic E-state index is 15.6. The summed E-state index contributed by atoms with van der Waals surface area (Å²) in [4.78, 5) is 26.4. The van der Waals surface area contributed by atoms with Gasteiger partial charge in [0.05, 0.1) is 22.4 Å². The van der Waals surface area contributed by atoms with E-state index in [2.05, 4.69) is 32.2 Å². The second kappa shape index (κ2) is 15.8. The summed E-state index contributed by atoms with van der Waals surface area (Å²) in [5.41, 5.74) is 3.50. The van der Waals surface area contributed by atoms with Crippen molar-refractivity contribution < 1.29 is 27.0 Å². The molecule has 48 heavy (non-hydrogen) atoms. The van der Waals surface area contributed by atoms with Crippen LogP contribution in [-0.4, -0.2) is 30.4 Å². The second-order valence-electron chi connectivity index (χ2n) is 12.5. The van der Waals surface area contributed by atoms with E-state index >= 15 is 4.39 Å². The molecule has 11 heteroatoms. The Morgan fingerprint density at radius 3 is 2.17 bits per heavy atom. The van der Waals surface area contributed by atoms with Gasteiger partial charge in [0.1, 0.15) is 0 Å². The van der Waals surface area contributed by atoms with Crippen LogP contribution < -0.4 is 5.32 Å². The second-order valence-corrected chi connectivity index (χ2v) is 15.3. The average Bonchev–Trinajstić information content (AvgIpc) is 3.01. The first-order chi connectivity index (χ1) is 22.5. The van der Waals surface area contributed by atoms with Gasteiger partial charge in [-0.25, -0.2) is 4.39 Å². The van der Waals surface area contributed by atoms with Crippen LogP contribution in [0.2, 0.25) is 15.1 Å². The molecule has 1 unspecified atom stereocenters. The van der Waals surface area contributed by atoms with Crippen LogP contribution in [0.3, 0.4) is 0 Å². The van der Waals surface area contributed by atoms with Crippen LogP contribution in [0.5, 0.6) is 0 Å². The Morgan fingerprint density at radius 2 is 1.56 bits per heavy atom. The predicted octanol–water partition coefficient (Wildman–Crippen LogP) is 10.3. The van der Waals surface area contributed by atoms with Gasteiger partial charge in [0.2, 0.25) is 5.91 Å². The quantitative estimate of drug-likeness (QED) is 0.112. The molecule has 4 aromatic rings. The molecule has 0 spiro atoms. The lowest BCUT2D eigenvalue weighted by molar-refractivity contribution is -0.117. The summed E-state index contributed by atoms with van der Waals surface area (Å²) < 4.78 is 46.5. The minimum Gasteiger partial charge on any atom is -0.323 e. The molecule has 0 aliphatic heterocycles. The van der Waals surface area contributed by atoms with Crippen LogP contribution in [0.25, 0.3) is 17.2 Å². The number of hydrogen-bond donors (Lipinski definition) is 2. The molecule has 6 nitrogen and oxygen atoms in total. The van der Waals surface area contributed by atoms with Crippen molar-refractivity contribution in [2.75, 3.05) is 11.1 Å². The van der Waals surface area contributed by atoms with E-state index in [9.17, 15) is 18.0 Å². The van der Waals surface area contributed by atoms with E-state index in [1.807, 2.05) is 30.3 Å². The van der Waals surface area contributed by atoms with Crippen molar-refractivity contribution in [1.29, 1.82) is 0 Å². The highest BCUT2D eigenvalue weighted by molar-refractivity contribution is 7.85. The SMILES string of the molecule is CC(C)(C)/C=C/c1ccc(C(Cc2ccc(C(=O)CCCS(=O)(=O)O)cc2)C(=O)Nc2ccc(-c3ccc(Cl)cc3Cl)c(Cl)c2F)cc1. The zero-order valence-electron chi connectivity index (χ0n) is 26.6. The van der Waals surface area contributed by atoms with E-state index in [0.717, 1.165) is 11.1 Å². The molecule has 0 radical (unpaired) electrons. The number of halogens is 4. The van der Waals surface area contributed by atoms with Gasteiger partial charge >= 0.3 is 0 Å². The molecule has 1 atom stereocenters. The summed E-state index contributed by atoms with van der Waals surface area (Å²) in [7, 11) is -4.15. The fourth-order valence-electron chi connectivity index (χ4n) is 4.95. The maximum atomic E-state index is 15.6.